The minimum Gasteiger partial charge on any atom is -0.465 e. The first-order chi connectivity index (χ1) is 14.4. The highest BCUT2D eigenvalue weighted by Gasteiger charge is 2.37. The van der Waals surface area contributed by atoms with E-state index in [2.05, 4.69) is 4.74 Å². The van der Waals surface area contributed by atoms with Crippen LogP contribution in [0.1, 0.15) is 40.5 Å². The van der Waals surface area contributed by atoms with E-state index in [1.807, 2.05) is 0 Å². The summed E-state index contributed by atoms with van der Waals surface area (Å²) in [5.74, 6) is -2.16. The van der Waals surface area contributed by atoms with Crippen molar-refractivity contribution in [3.63, 3.8) is 0 Å². The number of amides is 1. The zero-order chi connectivity index (χ0) is 21.7. The molecular weight excluding hydrogens is 386 g/mol. The molecule has 156 valence electrons. The highest BCUT2D eigenvalue weighted by atomic mass is 16.5. The molecule has 0 aromatic heterocycles. The topological polar surface area (TPSA) is 90.0 Å². The van der Waals surface area contributed by atoms with E-state index in [-0.39, 0.29) is 24.7 Å². The molecular formula is C23H23NO6. The van der Waals surface area contributed by atoms with Crippen LogP contribution >= 0.6 is 0 Å². The standard InChI is InChI=1S/C23H23NO6/c1-3-19(21(26)15-7-5-4-6-8-15)30-23(28)17-13-20(25)24(14-17)18-11-9-16(10-12-18)22(27)29-2/h4-12,17,19H,3,13-14H2,1-2H3/t17-,19-/m1/s1. The molecule has 0 aliphatic carbocycles. The Morgan fingerprint density at radius 2 is 1.70 bits per heavy atom. The summed E-state index contributed by atoms with van der Waals surface area (Å²) in [7, 11) is 1.29. The average molecular weight is 409 g/mol. The van der Waals surface area contributed by atoms with Crippen LogP contribution < -0.4 is 4.90 Å². The van der Waals surface area contributed by atoms with Crippen LogP contribution in [-0.2, 0) is 19.1 Å². The highest BCUT2D eigenvalue weighted by Crippen LogP contribution is 2.27. The average Bonchev–Trinajstić information content (AvgIpc) is 3.18. The van der Waals surface area contributed by atoms with Crippen LogP contribution in [0.3, 0.4) is 0 Å². The number of carbonyl (C=O) groups is 4. The Balaban J connectivity index is 1.65. The summed E-state index contributed by atoms with van der Waals surface area (Å²) >= 11 is 0. The Labute approximate surface area is 174 Å². The van der Waals surface area contributed by atoms with E-state index in [1.165, 1.54) is 12.0 Å². The normalized spacial score (nSPS) is 16.8. The molecule has 2 aromatic rings. The van der Waals surface area contributed by atoms with Gasteiger partial charge in [-0.2, -0.15) is 0 Å². The lowest BCUT2D eigenvalue weighted by Gasteiger charge is -2.19. The number of anilines is 1. The third-order valence-electron chi connectivity index (χ3n) is 5.04. The second-order valence-corrected chi connectivity index (χ2v) is 7.01. The van der Waals surface area contributed by atoms with Crippen molar-refractivity contribution < 1.29 is 28.7 Å². The predicted molar refractivity (Wildman–Crippen MR) is 109 cm³/mol. The molecule has 1 aliphatic rings. The van der Waals surface area contributed by atoms with Gasteiger partial charge in [0.2, 0.25) is 11.7 Å². The van der Waals surface area contributed by atoms with Crippen LogP contribution in [0.4, 0.5) is 5.69 Å². The van der Waals surface area contributed by atoms with Gasteiger partial charge in [0.25, 0.3) is 0 Å². The smallest absolute Gasteiger partial charge is 0.337 e. The van der Waals surface area contributed by atoms with E-state index >= 15 is 0 Å². The lowest BCUT2D eigenvalue weighted by molar-refractivity contribution is -0.151. The Bertz CT molecular complexity index is 938. The summed E-state index contributed by atoms with van der Waals surface area (Å²) in [5, 5.41) is 0. The molecule has 0 N–H and O–H groups in total. The van der Waals surface area contributed by atoms with Crippen LogP contribution in [0, 0.1) is 5.92 Å². The molecule has 0 radical (unpaired) electrons. The number of rotatable bonds is 7. The summed E-state index contributed by atoms with van der Waals surface area (Å²) in [4.78, 5) is 50.7. The van der Waals surface area contributed by atoms with Gasteiger partial charge in [-0.1, -0.05) is 37.3 Å². The van der Waals surface area contributed by atoms with Gasteiger partial charge in [-0.3, -0.25) is 14.4 Å². The van der Waals surface area contributed by atoms with Crippen molar-refractivity contribution >= 4 is 29.3 Å². The molecule has 0 bridgehead atoms. The molecule has 30 heavy (non-hydrogen) atoms. The number of ether oxygens (including phenoxy) is 2. The predicted octanol–water partition coefficient (Wildman–Crippen LogP) is 3.03. The number of ketones is 1. The minimum atomic E-state index is -0.886. The first-order valence-corrected chi connectivity index (χ1v) is 9.73. The molecule has 1 saturated heterocycles. The van der Waals surface area contributed by atoms with Gasteiger partial charge < -0.3 is 14.4 Å². The zero-order valence-electron chi connectivity index (χ0n) is 16.9. The summed E-state index contributed by atoms with van der Waals surface area (Å²) in [5.41, 5.74) is 1.43. The van der Waals surface area contributed by atoms with Crippen LogP contribution in [0.5, 0.6) is 0 Å². The van der Waals surface area contributed by atoms with E-state index < -0.39 is 24.0 Å². The van der Waals surface area contributed by atoms with Gasteiger partial charge in [-0.25, -0.2) is 4.79 Å². The fraction of sp³-hybridized carbons (Fsp3) is 0.304. The summed E-state index contributed by atoms with van der Waals surface area (Å²) in [6.45, 7) is 1.93. The zero-order valence-corrected chi connectivity index (χ0v) is 16.9. The number of hydrogen-bond donors (Lipinski definition) is 0. The molecule has 1 heterocycles. The summed E-state index contributed by atoms with van der Waals surface area (Å²) < 4.78 is 10.1. The third-order valence-corrected chi connectivity index (χ3v) is 5.04. The molecule has 7 heteroatoms. The molecule has 2 atom stereocenters. The Morgan fingerprint density at radius 1 is 1.03 bits per heavy atom. The largest absolute Gasteiger partial charge is 0.465 e. The lowest BCUT2D eigenvalue weighted by atomic mass is 10.0. The minimum absolute atomic E-state index is 0.00749. The molecule has 0 unspecified atom stereocenters. The van der Waals surface area contributed by atoms with Gasteiger partial charge in [-0.05, 0) is 30.7 Å². The second-order valence-electron chi connectivity index (χ2n) is 7.01. The molecule has 1 amide bonds. The molecule has 2 aromatic carbocycles. The number of hydrogen-bond acceptors (Lipinski definition) is 6. The Morgan fingerprint density at radius 3 is 2.30 bits per heavy atom. The molecule has 1 fully saturated rings. The molecule has 7 nitrogen and oxygen atoms in total. The first-order valence-electron chi connectivity index (χ1n) is 9.73. The van der Waals surface area contributed by atoms with E-state index in [9.17, 15) is 19.2 Å². The monoisotopic (exact) mass is 409 g/mol. The number of carbonyl (C=O) groups excluding carboxylic acids is 4. The summed E-state index contributed by atoms with van der Waals surface area (Å²) in [6.07, 6.45) is -0.532. The third kappa shape index (κ3) is 4.56. The van der Waals surface area contributed by atoms with E-state index in [1.54, 1.807) is 61.5 Å². The van der Waals surface area contributed by atoms with Crippen molar-refractivity contribution in [1.82, 2.24) is 0 Å². The van der Waals surface area contributed by atoms with E-state index in [0.717, 1.165) is 0 Å². The SMILES string of the molecule is CC[C@@H](OC(=O)[C@@H]1CC(=O)N(c2ccc(C(=O)OC)cc2)C1)C(=O)c1ccccc1. The number of esters is 2. The van der Waals surface area contributed by atoms with Crippen molar-refractivity contribution in [1.29, 1.82) is 0 Å². The van der Waals surface area contributed by atoms with E-state index in [0.29, 0.717) is 23.2 Å². The van der Waals surface area contributed by atoms with Gasteiger partial charge in [0.05, 0.1) is 18.6 Å². The molecule has 3 rings (SSSR count). The maximum atomic E-state index is 12.6. The highest BCUT2D eigenvalue weighted by molar-refractivity contribution is 6.02. The Hall–Kier alpha value is -3.48. The van der Waals surface area contributed by atoms with Gasteiger partial charge >= 0.3 is 11.9 Å². The van der Waals surface area contributed by atoms with Crippen LogP contribution in [0.25, 0.3) is 0 Å². The van der Waals surface area contributed by atoms with Crippen molar-refractivity contribution in [3.05, 3.63) is 65.7 Å². The second kappa shape index (κ2) is 9.35. The number of Topliss-reactive ketones (excluding diaryl/α,β-unsaturated/α-hetero) is 1. The van der Waals surface area contributed by atoms with Gasteiger partial charge in [0.15, 0.2) is 6.10 Å². The number of nitrogens with zero attached hydrogens (tertiary/aromatic N) is 1. The van der Waals surface area contributed by atoms with Crippen LogP contribution in [0.2, 0.25) is 0 Å². The van der Waals surface area contributed by atoms with Crippen LogP contribution in [-0.4, -0.2) is 43.4 Å². The Kier molecular flexibility index (Phi) is 6.61. The van der Waals surface area contributed by atoms with Crippen molar-refractivity contribution in [2.45, 2.75) is 25.9 Å². The fourth-order valence-electron chi connectivity index (χ4n) is 3.36. The maximum absolute atomic E-state index is 12.6. The lowest BCUT2D eigenvalue weighted by Crippen LogP contribution is -2.31. The quantitative estimate of drug-likeness (QED) is 0.516. The maximum Gasteiger partial charge on any atom is 0.337 e. The summed E-state index contributed by atoms with van der Waals surface area (Å²) in [6, 6.07) is 15.0. The number of methoxy groups -OCH3 is 1. The van der Waals surface area contributed by atoms with Crippen LogP contribution in [0.15, 0.2) is 54.6 Å². The van der Waals surface area contributed by atoms with Gasteiger partial charge in [0.1, 0.15) is 0 Å². The van der Waals surface area contributed by atoms with Gasteiger partial charge in [-0.15, -0.1) is 0 Å². The fourth-order valence-corrected chi connectivity index (χ4v) is 3.36. The van der Waals surface area contributed by atoms with Crippen molar-refractivity contribution in [3.8, 4) is 0 Å². The molecule has 1 aliphatic heterocycles. The van der Waals surface area contributed by atoms with Gasteiger partial charge in [0, 0.05) is 24.2 Å². The van der Waals surface area contributed by atoms with Crippen molar-refractivity contribution in [2.24, 2.45) is 5.92 Å². The number of benzene rings is 2. The molecule has 0 saturated carbocycles. The first kappa shape index (κ1) is 21.2. The molecule has 0 spiro atoms. The van der Waals surface area contributed by atoms with E-state index in [4.69, 9.17) is 4.74 Å². The van der Waals surface area contributed by atoms with Crippen molar-refractivity contribution in [2.75, 3.05) is 18.6 Å².